The van der Waals surface area contributed by atoms with Gasteiger partial charge in [0.05, 0.1) is 0 Å². The van der Waals surface area contributed by atoms with Gasteiger partial charge in [0.1, 0.15) is 0 Å². The molecule has 0 aliphatic heterocycles. The van der Waals surface area contributed by atoms with Crippen LogP contribution in [0.3, 0.4) is 0 Å². The first-order valence-corrected chi connectivity index (χ1v) is 6.56. The fourth-order valence-electron chi connectivity index (χ4n) is 2.63. The molecule has 3 nitrogen and oxygen atoms in total. The van der Waals surface area contributed by atoms with Gasteiger partial charge in [0.25, 0.3) is 0 Å². The van der Waals surface area contributed by atoms with Crippen LogP contribution in [0.25, 0.3) is 0 Å². The minimum absolute atomic E-state index is 0.280. The number of likely N-dealkylation sites (N-methyl/N-ethyl adjacent to an activating group) is 2. The van der Waals surface area contributed by atoms with Gasteiger partial charge in [-0.1, -0.05) is 6.92 Å². The van der Waals surface area contributed by atoms with E-state index in [9.17, 15) is 0 Å². The van der Waals surface area contributed by atoms with E-state index < -0.39 is 0 Å². The van der Waals surface area contributed by atoms with Crippen LogP contribution in [-0.2, 0) is 0 Å². The van der Waals surface area contributed by atoms with E-state index in [4.69, 9.17) is 5.73 Å². The van der Waals surface area contributed by atoms with Crippen LogP contribution in [0.15, 0.2) is 0 Å². The van der Waals surface area contributed by atoms with E-state index in [1.54, 1.807) is 0 Å². The highest BCUT2D eigenvalue weighted by atomic mass is 15.2. The third-order valence-corrected chi connectivity index (χ3v) is 4.28. The van der Waals surface area contributed by atoms with Crippen LogP contribution in [0.1, 0.15) is 32.6 Å². The van der Waals surface area contributed by atoms with E-state index >= 15 is 0 Å². The largest absolute Gasteiger partial charge is 0.329 e. The number of rotatable bonds is 5. The minimum Gasteiger partial charge on any atom is -0.329 e. The van der Waals surface area contributed by atoms with Gasteiger partial charge in [0.15, 0.2) is 0 Å². The summed E-state index contributed by atoms with van der Waals surface area (Å²) in [5.41, 5.74) is 6.32. The lowest BCUT2D eigenvalue weighted by molar-refractivity contribution is 0.0627. The molecule has 1 rings (SSSR count). The van der Waals surface area contributed by atoms with Crippen molar-refractivity contribution in [3.63, 3.8) is 0 Å². The molecule has 0 bridgehead atoms. The van der Waals surface area contributed by atoms with Gasteiger partial charge < -0.3 is 10.6 Å². The summed E-state index contributed by atoms with van der Waals surface area (Å²) in [6.07, 6.45) is 5.22. The van der Waals surface area contributed by atoms with Crippen molar-refractivity contribution >= 4 is 0 Å². The summed E-state index contributed by atoms with van der Waals surface area (Å²) in [6.45, 7) is 5.41. The maximum Gasteiger partial charge on any atom is 0.0329 e. The van der Waals surface area contributed by atoms with Crippen LogP contribution in [0, 0.1) is 5.92 Å². The van der Waals surface area contributed by atoms with Gasteiger partial charge in [0.2, 0.25) is 0 Å². The molecule has 1 aliphatic rings. The van der Waals surface area contributed by atoms with Crippen LogP contribution >= 0.6 is 0 Å². The maximum absolute atomic E-state index is 6.04. The van der Waals surface area contributed by atoms with Gasteiger partial charge in [-0.3, -0.25) is 4.90 Å². The zero-order chi connectivity index (χ0) is 12.2. The van der Waals surface area contributed by atoms with Crippen molar-refractivity contribution < 1.29 is 0 Å². The Kier molecular flexibility index (Phi) is 5.22. The van der Waals surface area contributed by atoms with E-state index in [2.05, 4.69) is 37.9 Å². The van der Waals surface area contributed by atoms with E-state index in [-0.39, 0.29) is 5.54 Å². The van der Waals surface area contributed by atoms with Crippen molar-refractivity contribution in [3.05, 3.63) is 0 Å². The summed E-state index contributed by atoms with van der Waals surface area (Å²) in [4.78, 5) is 4.74. The highest BCUT2D eigenvalue weighted by Crippen LogP contribution is 2.34. The molecule has 3 heteroatoms. The monoisotopic (exact) mass is 227 g/mol. The molecule has 0 aromatic heterocycles. The molecule has 1 saturated carbocycles. The van der Waals surface area contributed by atoms with Crippen LogP contribution in [-0.4, -0.2) is 56.1 Å². The molecule has 0 aromatic rings. The van der Waals surface area contributed by atoms with Gasteiger partial charge in [-0.15, -0.1) is 0 Å². The Bertz CT molecular complexity index is 195. The van der Waals surface area contributed by atoms with Crippen LogP contribution in [0.4, 0.5) is 0 Å². The lowest BCUT2D eigenvalue weighted by Crippen LogP contribution is -2.55. The van der Waals surface area contributed by atoms with Gasteiger partial charge in [-0.05, 0) is 52.7 Å². The van der Waals surface area contributed by atoms with E-state index in [0.717, 1.165) is 25.6 Å². The molecular weight excluding hydrogens is 198 g/mol. The molecule has 0 unspecified atom stereocenters. The molecule has 96 valence electrons. The van der Waals surface area contributed by atoms with E-state index in [1.165, 1.54) is 25.7 Å². The van der Waals surface area contributed by atoms with Gasteiger partial charge in [-0.25, -0.2) is 0 Å². The second-order valence-corrected chi connectivity index (χ2v) is 5.84. The smallest absolute Gasteiger partial charge is 0.0329 e. The molecule has 1 aliphatic carbocycles. The zero-order valence-corrected chi connectivity index (χ0v) is 11.5. The summed E-state index contributed by atoms with van der Waals surface area (Å²) >= 11 is 0. The third kappa shape index (κ3) is 3.44. The van der Waals surface area contributed by atoms with Gasteiger partial charge >= 0.3 is 0 Å². The molecule has 0 saturated heterocycles. The Labute approximate surface area is 101 Å². The maximum atomic E-state index is 6.04. The molecule has 0 heterocycles. The second kappa shape index (κ2) is 5.99. The average molecular weight is 227 g/mol. The summed E-state index contributed by atoms with van der Waals surface area (Å²) in [5.74, 6) is 0.891. The van der Waals surface area contributed by atoms with Gasteiger partial charge in [0, 0.05) is 25.2 Å². The first-order valence-electron chi connectivity index (χ1n) is 6.56. The Balaban J connectivity index is 2.51. The first-order chi connectivity index (χ1) is 7.50. The zero-order valence-electron chi connectivity index (χ0n) is 11.5. The predicted octanol–water partition coefficient (Wildman–Crippen LogP) is 1.39. The minimum atomic E-state index is 0.280. The summed E-state index contributed by atoms with van der Waals surface area (Å²) in [7, 11) is 6.50. The summed E-state index contributed by atoms with van der Waals surface area (Å²) in [5, 5.41) is 0. The molecule has 2 N–H and O–H groups in total. The Hall–Kier alpha value is -0.120. The van der Waals surface area contributed by atoms with E-state index in [0.29, 0.717) is 0 Å². The van der Waals surface area contributed by atoms with Crippen molar-refractivity contribution in [3.8, 4) is 0 Å². The molecule has 0 aromatic carbocycles. The second-order valence-electron chi connectivity index (χ2n) is 5.84. The van der Waals surface area contributed by atoms with Crippen molar-refractivity contribution in [2.75, 3.05) is 40.8 Å². The molecule has 1 fully saturated rings. The fourth-order valence-corrected chi connectivity index (χ4v) is 2.63. The number of nitrogens with two attached hydrogens (primary N) is 1. The van der Waals surface area contributed by atoms with E-state index in [1.807, 2.05) is 0 Å². The lowest BCUT2D eigenvalue weighted by Gasteiger charge is -2.46. The normalized spacial score (nSPS) is 31.3. The average Bonchev–Trinajstić information content (AvgIpc) is 2.27. The van der Waals surface area contributed by atoms with Crippen LogP contribution in [0.2, 0.25) is 0 Å². The highest BCUT2D eigenvalue weighted by Gasteiger charge is 2.36. The molecule has 0 atom stereocenters. The Morgan fingerprint density at radius 2 is 1.69 bits per heavy atom. The SMILES string of the molecule is CC1CCC(CN)(N(C)CCN(C)C)CC1. The third-order valence-electron chi connectivity index (χ3n) is 4.28. The van der Waals surface area contributed by atoms with Crippen molar-refractivity contribution in [1.29, 1.82) is 0 Å². The molecule has 16 heavy (non-hydrogen) atoms. The quantitative estimate of drug-likeness (QED) is 0.770. The fraction of sp³-hybridized carbons (Fsp3) is 1.00. The summed E-state index contributed by atoms with van der Waals surface area (Å²) in [6, 6.07) is 0. The van der Waals surface area contributed by atoms with Crippen molar-refractivity contribution in [1.82, 2.24) is 9.80 Å². The number of hydrogen-bond acceptors (Lipinski definition) is 3. The first kappa shape index (κ1) is 13.9. The number of nitrogens with zero attached hydrogens (tertiary/aromatic N) is 2. The standard InChI is InChI=1S/C13H29N3/c1-12-5-7-13(11-14,8-6-12)16(4)10-9-15(2)3/h12H,5-11,14H2,1-4H3. The lowest BCUT2D eigenvalue weighted by atomic mass is 9.76. The van der Waals surface area contributed by atoms with Crippen LogP contribution < -0.4 is 5.73 Å². The number of hydrogen-bond donors (Lipinski definition) is 1. The molecule has 0 amide bonds. The Morgan fingerprint density at radius 3 is 2.12 bits per heavy atom. The Morgan fingerprint density at radius 1 is 1.12 bits per heavy atom. The molecule has 0 radical (unpaired) electrons. The highest BCUT2D eigenvalue weighted by molar-refractivity contribution is 4.94. The molecular formula is C13H29N3. The van der Waals surface area contributed by atoms with Gasteiger partial charge in [-0.2, -0.15) is 0 Å². The summed E-state index contributed by atoms with van der Waals surface area (Å²) < 4.78 is 0. The van der Waals surface area contributed by atoms with Crippen molar-refractivity contribution in [2.45, 2.75) is 38.1 Å². The van der Waals surface area contributed by atoms with Crippen molar-refractivity contribution in [2.24, 2.45) is 11.7 Å². The molecule has 0 spiro atoms. The predicted molar refractivity (Wildman–Crippen MR) is 70.6 cm³/mol. The van der Waals surface area contributed by atoms with Crippen LogP contribution in [0.5, 0.6) is 0 Å². The topological polar surface area (TPSA) is 32.5 Å².